The van der Waals surface area contributed by atoms with Crippen molar-refractivity contribution in [3.63, 3.8) is 0 Å². The monoisotopic (exact) mass is 259 g/mol. The number of nitrogens with two attached hydrogens (primary N) is 1. The van der Waals surface area contributed by atoms with Gasteiger partial charge in [-0.2, -0.15) is 0 Å². The molecule has 5 heteroatoms. The Morgan fingerprint density at radius 1 is 1.33 bits per heavy atom. The lowest BCUT2D eigenvalue weighted by atomic mass is 10.1. The van der Waals surface area contributed by atoms with E-state index in [-0.39, 0.29) is 0 Å². The van der Waals surface area contributed by atoms with Crippen LogP contribution in [0.2, 0.25) is 0 Å². The molecule has 1 rings (SSSR count). The zero-order valence-electron chi connectivity index (χ0n) is 11.7. The molecule has 3 N–H and O–H groups in total. The Kier molecular flexibility index (Phi) is 9.42. The fourth-order valence-electron chi connectivity index (χ4n) is 2.24. The van der Waals surface area contributed by atoms with Crippen molar-refractivity contribution in [1.82, 2.24) is 10.2 Å². The number of methoxy groups -OCH3 is 1. The van der Waals surface area contributed by atoms with Crippen LogP contribution >= 0.6 is 0 Å². The van der Waals surface area contributed by atoms with Crippen LogP contribution in [0.3, 0.4) is 0 Å². The van der Waals surface area contributed by atoms with Crippen LogP contribution in [0.5, 0.6) is 0 Å². The summed E-state index contributed by atoms with van der Waals surface area (Å²) in [5, 5.41) is 3.56. The summed E-state index contributed by atoms with van der Waals surface area (Å²) in [5.74, 6) is 0. The summed E-state index contributed by atoms with van der Waals surface area (Å²) in [6.07, 6.45) is 3.34. The summed E-state index contributed by atoms with van der Waals surface area (Å²) in [5.41, 5.74) is 5.54. The summed E-state index contributed by atoms with van der Waals surface area (Å²) in [6.45, 7) is 7.67. The minimum atomic E-state index is 0.447. The van der Waals surface area contributed by atoms with Crippen LogP contribution in [-0.4, -0.2) is 70.6 Å². The van der Waals surface area contributed by atoms with E-state index in [2.05, 4.69) is 10.2 Å². The van der Waals surface area contributed by atoms with Gasteiger partial charge in [0.2, 0.25) is 0 Å². The average molecular weight is 259 g/mol. The summed E-state index contributed by atoms with van der Waals surface area (Å²) in [4.78, 5) is 2.47. The van der Waals surface area contributed by atoms with E-state index < -0.39 is 0 Å². The minimum Gasteiger partial charge on any atom is -0.383 e. The molecule has 1 saturated heterocycles. The van der Waals surface area contributed by atoms with Crippen LogP contribution < -0.4 is 11.1 Å². The van der Waals surface area contributed by atoms with Crippen LogP contribution in [0.4, 0.5) is 0 Å². The Labute approximate surface area is 111 Å². The van der Waals surface area contributed by atoms with Gasteiger partial charge in [0.1, 0.15) is 0 Å². The SMILES string of the molecule is COCC(CCCN)NCCCN1CCOCC1. The molecular formula is C13H29N3O2. The van der Waals surface area contributed by atoms with E-state index in [0.29, 0.717) is 6.04 Å². The van der Waals surface area contributed by atoms with E-state index in [1.54, 1.807) is 7.11 Å². The first-order valence-electron chi connectivity index (χ1n) is 7.09. The molecule has 1 aliphatic heterocycles. The third-order valence-corrected chi connectivity index (χ3v) is 3.31. The Hall–Kier alpha value is -0.200. The van der Waals surface area contributed by atoms with Gasteiger partial charge in [-0.15, -0.1) is 0 Å². The molecule has 1 heterocycles. The molecule has 0 radical (unpaired) electrons. The second-order valence-corrected chi connectivity index (χ2v) is 4.84. The highest BCUT2D eigenvalue weighted by Gasteiger charge is 2.10. The molecule has 0 aromatic heterocycles. The van der Waals surface area contributed by atoms with Crippen molar-refractivity contribution in [3.05, 3.63) is 0 Å². The molecule has 108 valence electrons. The molecule has 1 unspecified atom stereocenters. The first kappa shape index (κ1) is 15.9. The third-order valence-electron chi connectivity index (χ3n) is 3.31. The van der Waals surface area contributed by atoms with Crippen molar-refractivity contribution in [2.75, 3.05) is 59.7 Å². The van der Waals surface area contributed by atoms with Gasteiger partial charge in [-0.25, -0.2) is 0 Å². The van der Waals surface area contributed by atoms with Crippen LogP contribution in [0, 0.1) is 0 Å². The molecule has 1 atom stereocenters. The summed E-state index contributed by atoms with van der Waals surface area (Å²) in [7, 11) is 1.75. The van der Waals surface area contributed by atoms with E-state index >= 15 is 0 Å². The lowest BCUT2D eigenvalue weighted by molar-refractivity contribution is 0.0372. The van der Waals surface area contributed by atoms with Crippen LogP contribution in [0.1, 0.15) is 19.3 Å². The lowest BCUT2D eigenvalue weighted by Crippen LogP contribution is -2.39. The van der Waals surface area contributed by atoms with Crippen molar-refractivity contribution in [2.45, 2.75) is 25.3 Å². The van der Waals surface area contributed by atoms with E-state index in [1.165, 1.54) is 6.42 Å². The number of hydrogen-bond acceptors (Lipinski definition) is 5. The highest BCUT2D eigenvalue weighted by molar-refractivity contribution is 4.68. The number of rotatable bonds is 10. The van der Waals surface area contributed by atoms with Crippen molar-refractivity contribution >= 4 is 0 Å². The molecule has 0 bridgehead atoms. The van der Waals surface area contributed by atoms with Crippen molar-refractivity contribution in [3.8, 4) is 0 Å². The predicted octanol–water partition coefficient (Wildman–Crippen LogP) is 0.0522. The van der Waals surface area contributed by atoms with Gasteiger partial charge in [-0.1, -0.05) is 0 Å². The fourth-order valence-corrected chi connectivity index (χ4v) is 2.24. The fraction of sp³-hybridized carbons (Fsp3) is 1.00. The number of nitrogens with zero attached hydrogens (tertiary/aromatic N) is 1. The van der Waals surface area contributed by atoms with Gasteiger partial charge in [0.25, 0.3) is 0 Å². The molecule has 0 aromatic carbocycles. The maximum Gasteiger partial charge on any atom is 0.0615 e. The quantitative estimate of drug-likeness (QED) is 0.543. The summed E-state index contributed by atoms with van der Waals surface area (Å²) < 4.78 is 10.6. The zero-order valence-corrected chi connectivity index (χ0v) is 11.7. The van der Waals surface area contributed by atoms with E-state index in [0.717, 1.165) is 65.4 Å². The van der Waals surface area contributed by atoms with E-state index in [9.17, 15) is 0 Å². The van der Waals surface area contributed by atoms with Crippen LogP contribution in [0.15, 0.2) is 0 Å². The summed E-state index contributed by atoms with van der Waals surface area (Å²) in [6, 6.07) is 0.447. The highest BCUT2D eigenvalue weighted by atomic mass is 16.5. The molecule has 18 heavy (non-hydrogen) atoms. The Morgan fingerprint density at radius 2 is 2.11 bits per heavy atom. The largest absolute Gasteiger partial charge is 0.383 e. The molecule has 1 aliphatic rings. The molecule has 0 aromatic rings. The maximum absolute atomic E-state index is 5.54. The van der Waals surface area contributed by atoms with Gasteiger partial charge in [0.05, 0.1) is 19.8 Å². The zero-order chi connectivity index (χ0) is 13.1. The molecule has 5 nitrogen and oxygen atoms in total. The smallest absolute Gasteiger partial charge is 0.0615 e. The van der Waals surface area contributed by atoms with E-state index in [1.807, 2.05) is 0 Å². The Morgan fingerprint density at radius 3 is 2.78 bits per heavy atom. The van der Waals surface area contributed by atoms with Crippen LogP contribution in [-0.2, 0) is 9.47 Å². The van der Waals surface area contributed by atoms with Gasteiger partial charge in [0, 0.05) is 26.2 Å². The maximum atomic E-state index is 5.54. The number of ether oxygens (including phenoxy) is 2. The topological polar surface area (TPSA) is 59.8 Å². The number of morpholine rings is 1. The van der Waals surface area contributed by atoms with Crippen molar-refractivity contribution in [1.29, 1.82) is 0 Å². The van der Waals surface area contributed by atoms with E-state index in [4.69, 9.17) is 15.2 Å². The third kappa shape index (κ3) is 7.28. The van der Waals surface area contributed by atoms with Crippen molar-refractivity contribution in [2.24, 2.45) is 5.73 Å². The Bertz CT molecular complexity index is 187. The number of nitrogens with one attached hydrogen (secondary N) is 1. The van der Waals surface area contributed by atoms with Gasteiger partial charge in [0.15, 0.2) is 0 Å². The second kappa shape index (κ2) is 10.7. The molecule has 1 fully saturated rings. The lowest BCUT2D eigenvalue weighted by Gasteiger charge is -2.27. The molecule has 0 aliphatic carbocycles. The van der Waals surface area contributed by atoms with Crippen molar-refractivity contribution < 1.29 is 9.47 Å². The normalized spacial score (nSPS) is 19.0. The standard InChI is InChI=1S/C13H29N3O2/c1-17-12-13(4-2-5-14)15-6-3-7-16-8-10-18-11-9-16/h13,15H,2-12,14H2,1H3. The van der Waals surface area contributed by atoms with Gasteiger partial charge in [-0.3, -0.25) is 4.90 Å². The summed E-state index contributed by atoms with van der Waals surface area (Å²) >= 11 is 0. The molecule has 0 spiro atoms. The minimum absolute atomic E-state index is 0.447. The van der Waals surface area contributed by atoms with Gasteiger partial charge < -0.3 is 20.5 Å². The Balaban J connectivity index is 2.02. The first-order valence-corrected chi connectivity index (χ1v) is 7.09. The predicted molar refractivity (Wildman–Crippen MR) is 73.8 cm³/mol. The van der Waals surface area contributed by atoms with Crippen LogP contribution in [0.25, 0.3) is 0 Å². The van der Waals surface area contributed by atoms with Gasteiger partial charge >= 0.3 is 0 Å². The molecule has 0 saturated carbocycles. The highest BCUT2D eigenvalue weighted by Crippen LogP contribution is 1.99. The molecular weight excluding hydrogens is 230 g/mol. The van der Waals surface area contributed by atoms with Gasteiger partial charge in [-0.05, 0) is 38.9 Å². The average Bonchev–Trinajstić information content (AvgIpc) is 2.42. The first-order chi connectivity index (χ1) is 8.86. The number of hydrogen-bond donors (Lipinski definition) is 2. The second-order valence-electron chi connectivity index (χ2n) is 4.84. The molecule has 0 amide bonds.